The molecule has 0 aliphatic heterocycles. The Bertz CT molecular complexity index is 574. The third-order valence-corrected chi connectivity index (χ3v) is 3.08. The van der Waals surface area contributed by atoms with E-state index in [0.717, 1.165) is 5.57 Å². The molecule has 1 nitrogen and oxygen atoms in total. The van der Waals surface area contributed by atoms with Crippen LogP contribution in [0.3, 0.4) is 0 Å². The Balaban J connectivity index is 2.81. The second kappa shape index (κ2) is 3.99. The van der Waals surface area contributed by atoms with Crippen LogP contribution in [0.25, 0.3) is 16.3 Å². The maximum Gasteiger partial charge on any atom is 0.0346 e. The van der Waals surface area contributed by atoms with Crippen LogP contribution in [0.4, 0.5) is 0 Å². The van der Waals surface area contributed by atoms with Crippen LogP contribution in [-0.2, 0) is 5.41 Å². The topological polar surface area (TPSA) is 12.9 Å². The maximum atomic E-state index is 4.21. The summed E-state index contributed by atoms with van der Waals surface area (Å²) < 4.78 is 0. The molecule has 0 aliphatic carbocycles. The van der Waals surface area contributed by atoms with E-state index in [-0.39, 0.29) is 5.41 Å². The Morgan fingerprint density at radius 1 is 1.24 bits per heavy atom. The van der Waals surface area contributed by atoms with E-state index in [0.29, 0.717) is 0 Å². The molecule has 0 unspecified atom stereocenters. The van der Waals surface area contributed by atoms with Gasteiger partial charge in [-0.2, -0.15) is 0 Å². The Morgan fingerprint density at radius 2 is 1.94 bits per heavy atom. The van der Waals surface area contributed by atoms with E-state index in [1.165, 1.54) is 21.9 Å². The van der Waals surface area contributed by atoms with Gasteiger partial charge in [-0.3, -0.25) is 4.98 Å². The lowest BCUT2D eigenvalue weighted by atomic mass is 9.84. The van der Waals surface area contributed by atoms with Crippen molar-refractivity contribution in [2.75, 3.05) is 0 Å². The predicted octanol–water partition coefficient (Wildman–Crippen LogP) is 4.57. The summed E-state index contributed by atoms with van der Waals surface area (Å²) in [5.74, 6) is 0. The quantitative estimate of drug-likeness (QED) is 0.693. The van der Waals surface area contributed by atoms with Gasteiger partial charge < -0.3 is 0 Å². The molecule has 1 aromatic heterocycles. The molecule has 88 valence electrons. The lowest BCUT2D eigenvalue weighted by Crippen LogP contribution is -2.11. The monoisotopic (exact) mass is 225 g/mol. The lowest BCUT2D eigenvalue weighted by Gasteiger charge is -2.21. The van der Waals surface area contributed by atoms with Crippen LogP contribution in [0.5, 0.6) is 0 Å². The number of aromatic nitrogens is 1. The number of nitrogens with zero attached hydrogens (tertiary/aromatic N) is 1. The molecule has 0 amide bonds. The van der Waals surface area contributed by atoms with Gasteiger partial charge in [-0.05, 0) is 41.0 Å². The van der Waals surface area contributed by atoms with Crippen LogP contribution in [-0.4, -0.2) is 4.98 Å². The Kier molecular flexibility index (Phi) is 2.78. The van der Waals surface area contributed by atoms with Crippen molar-refractivity contribution >= 4 is 16.3 Å². The number of allylic oxidation sites excluding steroid dienone is 1. The fourth-order valence-corrected chi connectivity index (χ4v) is 2.00. The molecule has 1 aromatic carbocycles. The van der Waals surface area contributed by atoms with E-state index < -0.39 is 0 Å². The van der Waals surface area contributed by atoms with Crippen molar-refractivity contribution < 1.29 is 0 Å². The summed E-state index contributed by atoms with van der Waals surface area (Å²) >= 11 is 0. The summed E-state index contributed by atoms with van der Waals surface area (Å²) in [6.45, 7) is 12.8. The molecule has 0 saturated carbocycles. The van der Waals surface area contributed by atoms with Gasteiger partial charge in [0.2, 0.25) is 0 Å². The van der Waals surface area contributed by atoms with Gasteiger partial charge in [0.1, 0.15) is 0 Å². The maximum absolute atomic E-state index is 4.21. The standard InChI is InChI=1S/C16H19N/c1-11(2)15-9-13(16(3,4)5)8-12-10-17-7-6-14(12)15/h6-10H,1H2,2-5H3. The highest BCUT2D eigenvalue weighted by Crippen LogP contribution is 2.31. The number of hydrogen-bond acceptors (Lipinski definition) is 1. The minimum Gasteiger partial charge on any atom is -0.264 e. The van der Waals surface area contributed by atoms with Crippen LogP contribution in [0, 0.1) is 0 Å². The predicted molar refractivity (Wildman–Crippen MR) is 75.2 cm³/mol. The summed E-state index contributed by atoms with van der Waals surface area (Å²) in [4.78, 5) is 4.21. The van der Waals surface area contributed by atoms with Gasteiger partial charge in [-0.15, -0.1) is 0 Å². The number of pyridine rings is 1. The zero-order chi connectivity index (χ0) is 12.6. The molecule has 0 atom stereocenters. The van der Waals surface area contributed by atoms with Crippen molar-refractivity contribution in [2.45, 2.75) is 33.1 Å². The Hall–Kier alpha value is -1.63. The first kappa shape index (κ1) is 11.8. The van der Waals surface area contributed by atoms with Gasteiger partial charge in [0, 0.05) is 17.8 Å². The number of rotatable bonds is 1. The van der Waals surface area contributed by atoms with E-state index in [9.17, 15) is 0 Å². The molecule has 1 heteroatoms. The largest absolute Gasteiger partial charge is 0.264 e. The smallest absolute Gasteiger partial charge is 0.0346 e. The highest BCUT2D eigenvalue weighted by molar-refractivity contribution is 5.93. The molecular formula is C16H19N. The normalized spacial score (nSPS) is 11.8. The average Bonchev–Trinajstić information content (AvgIpc) is 2.26. The van der Waals surface area contributed by atoms with Crippen molar-refractivity contribution in [1.82, 2.24) is 4.98 Å². The molecule has 0 bridgehead atoms. The van der Waals surface area contributed by atoms with Crippen molar-refractivity contribution in [1.29, 1.82) is 0 Å². The first-order valence-corrected chi connectivity index (χ1v) is 5.94. The molecule has 0 radical (unpaired) electrons. The van der Waals surface area contributed by atoms with Gasteiger partial charge in [-0.25, -0.2) is 0 Å². The summed E-state index contributed by atoms with van der Waals surface area (Å²) in [5.41, 5.74) is 3.81. The van der Waals surface area contributed by atoms with Crippen LogP contribution in [0.2, 0.25) is 0 Å². The molecule has 0 N–H and O–H groups in total. The van der Waals surface area contributed by atoms with Gasteiger partial charge >= 0.3 is 0 Å². The molecule has 2 rings (SSSR count). The van der Waals surface area contributed by atoms with E-state index in [1.54, 1.807) is 0 Å². The van der Waals surface area contributed by atoms with E-state index in [1.807, 2.05) is 12.4 Å². The van der Waals surface area contributed by atoms with Crippen LogP contribution in [0.15, 0.2) is 37.2 Å². The van der Waals surface area contributed by atoms with Gasteiger partial charge in [0.05, 0.1) is 0 Å². The molecule has 1 heterocycles. The molecule has 0 saturated heterocycles. The van der Waals surface area contributed by atoms with Crippen molar-refractivity contribution in [2.24, 2.45) is 0 Å². The summed E-state index contributed by atoms with van der Waals surface area (Å²) in [5, 5.41) is 2.43. The fraction of sp³-hybridized carbons (Fsp3) is 0.312. The Labute approximate surface area is 103 Å². The van der Waals surface area contributed by atoms with Crippen molar-refractivity contribution in [3.05, 3.63) is 48.3 Å². The highest BCUT2D eigenvalue weighted by Gasteiger charge is 2.16. The van der Waals surface area contributed by atoms with Crippen LogP contribution >= 0.6 is 0 Å². The number of benzene rings is 1. The van der Waals surface area contributed by atoms with E-state index >= 15 is 0 Å². The molecule has 17 heavy (non-hydrogen) atoms. The minimum atomic E-state index is 0.147. The van der Waals surface area contributed by atoms with Gasteiger partial charge in [-0.1, -0.05) is 39.0 Å². The zero-order valence-electron chi connectivity index (χ0n) is 11.0. The molecule has 0 fully saturated rings. The van der Waals surface area contributed by atoms with Crippen LogP contribution in [0.1, 0.15) is 38.8 Å². The zero-order valence-corrected chi connectivity index (χ0v) is 11.0. The SMILES string of the molecule is C=C(C)c1cc(C(C)(C)C)cc2cnccc12. The second-order valence-electron chi connectivity index (χ2n) is 5.65. The molecule has 0 aliphatic rings. The summed E-state index contributed by atoms with van der Waals surface area (Å²) in [6.07, 6.45) is 3.77. The van der Waals surface area contributed by atoms with Crippen molar-refractivity contribution in [3.63, 3.8) is 0 Å². The molecule has 2 aromatic rings. The average molecular weight is 225 g/mol. The van der Waals surface area contributed by atoms with Gasteiger partial charge in [0.15, 0.2) is 0 Å². The number of fused-ring (bicyclic) bond motifs is 1. The first-order valence-electron chi connectivity index (χ1n) is 5.94. The number of hydrogen-bond donors (Lipinski definition) is 0. The second-order valence-corrected chi connectivity index (χ2v) is 5.65. The van der Waals surface area contributed by atoms with Crippen molar-refractivity contribution in [3.8, 4) is 0 Å². The van der Waals surface area contributed by atoms with Gasteiger partial charge in [0.25, 0.3) is 0 Å². The molecule has 0 spiro atoms. The van der Waals surface area contributed by atoms with Crippen LogP contribution < -0.4 is 0 Å². The fourth-order valence-electron chi connectivity index (χ4n) is 2.00. The Morgan fingerprint density at radius 3 is 2.53 bits per heavy atom. The minimum absolute atomic E-state index is 0.147. The highest BCUT2D eigenvalue weighted by atomic mass is 14.6. The third kappa shape index (κ3) is 2.23. The van der Waals surface area contributed by atoms with E-state index in [4.69, 9.17) is 0 Å². The summed E-state index contributed by atoms with van der Waals surface area (Å²) in [7, 11) is 0. The molecular weight excluding hydrogens is 206 g/mol. The third-order valence-electron chi connectivity index (χ3n) is 3.08. The van der Waals surface area contributed by atoms with E-state index in [2.05, 4.69) is 57.5 Å². The summed E-state index contributed by atoms with van der Waals surface area (Å²) in [6, 6.07) is 6.55. The first-order chi connectivity index (χ1) is 7.89. The lowest BCUT2D eigenvalue weighted by molar-refractivity contribution is 0.591.